The van der Waals surface area contributed by atoms with Crippen LogP contribution in [0.3, 0.4) is 0 Å². The molecule has 0 spiro atoms. The van der Waals surface area contributed by atoms with E-state index in [9.17, 15) is 4.79 Å². The molecule has 1 amide bonds. The third-order valence-corrected chi connectivity index (χ3v) is 3.61. The first-order chi connectivity index (χ1) is 10.0. The summed E-state index contributed by atoms with van der Waals surface area (Å²) in [6.45, 7) is 9.07. The molecule has 1 aromatic rings. The van der Waals surface area contributed by atoms with Crippen LogP contribution in [0.15, 0.2) is 12.4 Å². The predicted octanol–water partition coefficient (Wildman–Crippen LogP) is 0.901. The zero-order chi connectivity index (χ0) is 15.2. The third-order valence-electron chi connectivity index (χ3n) is 3.61. The first kappa shape index (κ1) is 15.9. The smallest absolute Gasteiger partial charge is 0.222 e. The number of carbonyl (C=O) groups is 1. The summed E-state index contributed by atoms with van der Waals surface area (Å²) in [7, 11) is 0. The van der Waals surface area contributed by atoms with Crippen LogP contribution < -0.4 is 5.32 Å². The van der Waals surface area contributed by atoms with E-state index in [0.717, 1.165) is 24.5 Å². The van der Waals surface area contributed by atoms with E-state index in [1.54, 1.807) is 12.4 Å². The van der Waals surface area contributed by atoms with Crippen molar-refractivity contribution in [3.8, 4) is 0 Å². The lowest BCUT2D eigenvalue weighted by molar-refractivity contribution is -0.126. The van der Waals surface area contributed by atoms with Gasteiger partial charge in [0.15, 0.2) is 0 Å². The van der Waals surface area contributed by atoms with Crippen LogP contribution in [-0.2, 0) is 16.1 Å². The van der Waals surface area contributed by atoms with E-state index in [1.165, 1.54) is 0 Å². The number of nitrogens with one attached hydrogen (secondary N) is 1. The van der Waals surface area contributed by atoms with Crippen molar-refractivity contribution in [1.82, 2.24) is 20.2 Å². The standard InChI is InChI=1S/C15H24N4O2/c1-11(2)19-4-5-21-14(10-19)6-15(20)18-9-13-8-16-12(3)7-17-13/h7-8,11,14H,4-6,9-10H2,1-3H3,(H,18,20)/t14-/m1/s1. The molecule has 1 aromatic heterocycles. The van der Waals surface area contributed by atoms with Gasteiger partial charge in [-0.2, -0.15) is 0 Å². The van der Waals surface area contributed by atoms with E-state index in [0.29, 0.717) is 25.6 Å². The average molecular weight is 292 g/mol. The summed E-state index contributed by atoms with van der Waals surface area (Å²) in [6, 6.07) is 0.488. The summed E-state index contributed by atoms with van der Waals surface area (Å²) < 4.78 is 5.67. The van der Waals surface area contributed by atoms with E-state index >= 15 is 0 Å². The van der Waals surface area contributed by atoms with Gasteiger partial charge in [-0.3, -0.25) is 19.7 Å². The van der Waals surface area contributed by atoms with Crippen LogP contribution >= 0.6 is 0 Å². The number of ether oxygens (including phenoxy) is 1. The molecule has 0 radical (unpaired) electrons. The SMILES string of the molecule is Cc1cnc(CNC(=O)C[C@@H]2CN(C(C)C)CCO2)cn1. The van der Waals surface area contributed by atoms with Gasteiger partial charge in [0.1, 0.15) is 0 Å². The zero-order valence-electron chi connectivity index (χ0n) is 13.0. The number of morpholine rings is 1. The second-order valence-electron chi connectivity index (χ2n) is 5.71. The number of nitrogens with zero attached hydrogens (tertiary/aromatic N) is 3. The number of aryl methyl sites for hydroxylation is 1. The molecule has 1 fully saturated rings. The Labute approximate surface area is 125 Å². The molecule has 6 heteroatoms. The minimum Gasteiger partial charge on any atom is -0.375 e. The average Bonchev–Trinajstić information content (AvgIpc) is 2.47. The highest BCUT2D eigenvalue weighted by Gasteiger charge is 2.24. The number of amides is 1. The van der Waals surface area contributed by atoms with Gasteiger partial charge in [-0.05, 0) is 20.8 Å². The molecule has 1 aliphatic heterocycles. The monoisotopic (exact) mass is 292 g/mol. The molecule has 1 atom stereocenters. The van der Waals surface area contributed by atoms with E-state index < -0.39 is 0 Å². The number of aromatic nitrogens is 2. The minimum atomic E-state index is -0.0229. The van der Waals surface area contributed by atoms with E-state index in [2.05, 4.69) is 34.0 Å². The highest BCUT2D eigenvalue weighted by molar-refractivity contribution is 5.76. The largest absolute Gasteiger partial charge is 0.375 e. The Morgan fingerprint density at radius 2 is 2.29 bits per heavy atom. The first-order valence-corrected chi connectivity index (χ1v) is 7.44. The molecule has 116 valence electrons. The molecule has 0 saturated carbocycles. The van der Waals surface area contributed by atoms with Gasteiger partial charge in [-0.15, -0.1) is 0 Å². The van der Waals surface area contributed by atoms with Crippen LogP contribution in [0, 0.1) is 6.92 Å². The number of carbonyl (C=O) groups excluding carboxylic acids is 1. The molecule has 21 heavy (non-hydrogen) atoms. The summed E-state index contributed by atoms with van der Waals surface area (Å²) in [5.74, 6) is -0.00650. The topological polar surface area (TPSA) is 67.4 Å². The lowest BCUT2D eigenvalue weighted by Crippen LogP contribution is -2.47. The maximum atomic E-state index is 12.0. The van der Waals surface area contributed by atoms with Crippen LogP contribution in [-0.4, -0.2) is 52.6 Å². The van der Waals surface area contributed by atoms with Gasteiger partial charge >= 0.3 is 0 Å². The Bertz CT molecular complexity index is 461. The van der Waals surface area contributed by atoms with Gasteiger partial charge < -0.3 is 10.1 Å². The molecule has 0 aromatic carbocycles. The Morgan fingerprint density at radius 3 is 2.95 bits per heavy atom. The van der Waals surface area contributed by atoms with Crippen molar-refractivity contribution in [2.24, 2.45) is 0 Å². The number of hydrogen-bond donors (Lipinski definition) is 1. The van der Waals surface area contributed by atoms with Gasteiger partial charge in [0.2, 0.25) is 5.91 Å². The second-order valence-corrected chi connectivity index (χ2v) is 5.71. The van der Waals surface area contributed by atoms with Crippen LogP contribution in [0.2, 0.25) is 0 Å². The van der Waals surface area contributed by atoms with Gasteiger partial charge in [-0.25, -0.2) is 0 Å². The molecule has 2 heterocycles. The fraction of sp³-hybridized carbons (Fsp3) is 0.667. The van der Waals surface area contributed by atoms with E-state index in [-0.39, 0.29) is 12.0 Å². The fourth-order valence-electron chi connectivity index (χ4n) is 2.31. The Hall–Kier alpha value is -1.53. The number of rotatable bonds is 5. The highest BCUT2D eigenvalue weighted by atomic mass is 16.5. The predicted molar refractivity (Wildman–Crippen MR) is 79.7 cm³/mol. The molecular formula is C15H24N4O2. The van der Waals surface area contributed by atoms with Crippen LogP contribution in [0.1, 0.15) is 31.7 Å². The summed E-state index contributed by atoms with van der Waals surface area (Å²) in [5.41, 5.74) is 1.64. The fourth-order valence-corrected chi connectivity index (χ4v) is 2.31. The minimum absolute atomic E-state index is 0.00650. The Kier molecular flexibility index (Phi) is 5.64. The second kappa shape index (κ2) is 7.47. The zero-order valence-corrected chi connectivity index (χ0v) is 13.0. The Morgan fingerprint density at radius 1 is 1.48 bits per heavy atom. The Balaban J connectivity index is 1.75. The molecule has 2 rings (SSSR count). The first-order valence-electron chi connectivity index (χ1n) is 7.44. The molecular weight excluding hydrogens is 268 g/mol. The number of hydrogen-bond acceptors (Lipinski definition) is 5. The molecule has 1 N–H and O–H groups in total. The quantitative estimate of drug-likeness (QED) is 0.873. The van der Waals surface area contributed by atoms with Crippen LogP contribution in [0.4, 0.5) is 0 Å². The van der Waals surface area contributed by atoms with Crippen LogP contribution in [0.25, 0.3) is 0 Å². The summed E-state index contributed by atoms with van der Waals surface area (Å²) in [5, 5.41) is 2.87. The van der Waals surface area contributed by atoms with Crippen molar-refractivity contribution in [2.75, 3.05) is 19.7 Å². The van der Waals surface area contributed by atoms with Crippen LogP contribution in [0.5, 0.6) is 0 Å². The molecule has 1 saturated heterocycles. The highest BCUT2D eigenvalue weighted by Crippen LogP contribution is 2.11. The lowest BCUT2D eigenvalue weighted by Gasteiger charge is -2.35. The summed E-state index contributed by atoms with van der Waals surface area (Å²) >= 11 is 0. The summed E-state index contributed by atoms with van der Waals surface area (Å²) in [6.07, 6.45) is 3.76. The van der Waals surface area contributed by atoms with Crippen molar-refractivity contribution in [3.05, 3.63) is 23.8 Å². The third kappa shape index (κ3) is 5.06. The van der Waals surface area contributed by atoms with Crippen molar-refractivity contribution in [3.63, 3.8) is 0 Å². The van der Waals surface area contributed by atoms with Gasteiger partial charge in [0.25, 0.3) is 0 Å². The molecule has 0 aliphatic carbocycles. The molecule has 6 nitrogen and oxygen atoms in total. The normalized spacial score (nSPS) is 19.7. The van der Waals surface area contributed by atoms with Crippen molar-refractivity contribution < 1.29 is 9.53 Å². The molecule has 0 bridgehead atoms. The van der Waals surface area contributed by atoms with Gasteiger partial charge in [0, 0.05) is 25.3 Å². The molecule has 0 unspecified atom stereocenters. The van der Waals surface area contributed by atoms with Crippen molar-refractivity contribution in [1.29, 1.82) is 0 Å². The van der Waals surface area contributed by atoms with E-state index in [4.69, 9.17) is 4.74 Å². The summed E-state index contributed by atoms with van der Waals surface area (Å²) in [4.78, 5) is 22.7. The lowest BCUT2D eigenvalue weighted by atomic mass is 10.1. The molecule has 1 aliphatic rings. The van der Waals surface area contributed by atoms with Crippen molar-refractivity contribution >= 4 is 5.91 Å². The maximum absolute atomic E-state index is 12.0. The van der Waals surface area contributed by atoms with Crippen molar-refractivity contribution in [2.45, 2.75) is 45.9 Å². The van der Waals surface area contributed by atoms with E-state index in [1.807, 2.05) is 6.92 Å². The van der Waals surface area contributed by atoms with Gasteiger partial charge in [-0.1, -0.05) is 0 Å². The van der Waals surface area contributed by atoms with Gasteiger partial charge in [0.05, 0.1) is 43.3 Å². The maximum Gasteiger partial charge on any atom is 0.222 e.